The minimum absolute atomic E-state index is 0.0716. The first-order valence-electron chi connectivity index (χ1n) is 7.15. The van der Waals surface area contributed by atoms with Crippen LogP contribution in [-0.4, -0.2) is 20.9 Å². The quantitative estimate of drug-likeness (QED) is 0.775. The Balaban J connectivity index is 2.08. The highest BCUT2D eigenvalue weighted by Crippen LogP contribution is 2.46. The van der Waals surface area contributed by atoms with Gasteiger partial charge in [0.2, 0.25) is 0 Å². The first kappa shape index (κ1) is 12.4. The largest absolute Gasteiger partial charge is 0.512 e. The molecule has 0 saturated carbocycles. The highest BCUT2D eigenvalue weighted by molar-refractivity contribution is 6.19. The maximum Gasteiger partial charge on any atom is 0.191 e. The number of aromatic nitrogens is 2. The van der Waals surface area contributed by atoms with Gasteiger partial charge in [0.25, 0.3) is 0 Å². The molecule has 4 nitrogen and oxygen atoms in total. The molecule has 0 unspecified atom stereocenters. The maximum atomic E-state index is 12.9. The van der Waals surface area contributed by atoms with Crippen LogP contribution in [0.2, 0.25) is 0 Å². The number of fused-ring (bicyclic) bond motifs is 3. The van der Waals surface area contributed by atoms with Crippen LogP contribution >= 0.6 is 0 Å². The van der Waals surface area contributed by atoms with Gasteiger partial charge in [0.1, 0.15) is 5.65 Å². The van der Waals surface area contributed by atoms with Crippen LogP contribution in [-0.2, 0) is 5.41 Å². The number of hydrogen-bond acceptors (Lipinski definition) is 3. The summed E-state index contributed by atoms with van der Waals surface area (Å²) in [5.74, 6) is 0.426. The van der Waals surface area contributed by atoms with E-state index >= 15 is 0 Å². The van der Waals surface area contributed by atoms with E-state index in [0.29, 0.717) is 18.6 Å². The molecule has 21 heavy (non-hydrogen) atoms. The first-order chi connectivity index (χ1) is 10.00. The third kappa shape index (κ3) is 1.50. The minimum atomic E-state index is -0.340. The van der Waals surface area contributed by atoms with Gasteiger partial charge >= 0.3 is 0 Å². The summed E-state index contributed by atoms with van der Waals surface area (Å²) in [4.78, 5) is 20.5. The van der Waals surface area contributed by atoms with Crippen molar-refractivity contribution in [1.82, 2.24) is 9.97 Å². The van der Waals surface area contributed by atoms with Gasteiger partial charge in [0.15, 0.2) is 5.78 Å². The lowest BCUT2D eigenvalue weighted by Crippen LogP contribution is -2.32. The van der Waals surface area contributed by atoms with E-state index in [4.69, 9.17) is 0 Å². The molecule has 2 heterocycles. The Morgan fingerprint density at radius 1 is 1.33 bits per heavy atom. The van der Waals surface area contributed by atoms with Crippen molar-refractivity contribution in [1.29, 1.82) is 0 Å². The number of nitrogens with one attached hydrogen (secondary N) is 1. The van der Waals surface area contributed by atoms with Crippen molar-refractivity contribution in [3.05, 3.63) is 52.6 Å². The number of carbonyl (C=O) groups is 1. The Morgan fingerprint density at radius 3 is 2.95 bits per heavy atom. The molecule has 2 N–H and O–H groups in total. The number of pyridine rings is 1. The molecule has 0 saturated heterocycles. The van der Waals surface area contributed by atoms with E-state index in [0.717, 1.165) is 33.4 Å². The number of carbonyl (C=O) groups excluding carboxylic acids is 1. The van der Waals surface area contributed by atoms with Crippen LogP contribution in [0.4, 0.5) is 0 Å². The van der Waals surface area contributed by atoms with Gasteiger partial charge in [-0.15, -0.1) is 0 Å². The minimum Gasteiger partial charge on any atom is -0.512 e. The van der Waals surface area contributed by atoms with Crippen LogP contribution in [0, 0.1) is 0 Å². The van der Waals surface area contributed by atoms with E-state index in [1.54, 1.807) is 12.3 Å². The van der Waals surface area contributed by atoms with Crippen LogP contribution in [0.5, 0.6) is 0 Å². The zero-order chi connectivity index (χ0) is 14.8. The average molecular weight is 280 g/mol. The monoisotopic (exact) mass is 280 g/mol. The molecule has 0 bridgehead atoms. The number of ketones is 1. The Labute approximate surface area is 122 Å². The lowest BCUT2D eigenvalue weighted by atomic mass is 9.68. The number of rotatable bonds is 0. The number of nitrogens with zero attached hydrogens (tertiary/aromatic N) is 1. The lowest BCUT2D eigenvalue weighted by molar-refractivity contribution is 0.102. The second-order valence-electron chi connectivity index (χ2n) is 6.26. The predicted octanol–water partition coefficient (Wildman–Crippen LogP) is 3.57. The summed E-state index contributed by atoms with van der Waals surface area (Å²) in [5.41, 5.74) is 3.80. The predicted molar refractivity (Wildman–Crippen MR) is 80.4 cm³/mol. The number of aliphatic hydroxyl groups is 1. The van der Waals surface area contributed by atoms with Crippen molar-refractivity contribution in [3.8, 4) is 0 Å². The topological polar surface area (TPSA) is 66.0 Å². The summed E-state index contributed by atoms with van der Waals surface area (Å²) >= 11 is 0. The number of aliphatic hydroxyl groups excluding tert-OH is 1. The molecule has 2 aliphatic carbocycles. The Morgan fingerprint density at radius 2 is 2.14 bits per heavy atom. The smallest absolute Gasteiger partial charge is 0.191 e. The van der Waals surface area contributed by atoms with Gasteiger partial charge in [-0.3, -0.25) is 4.79 Å². The molecule has 0 aromatic carbocycles. The second-order valence-corrected chi connectivity index (χ2v) is 6.26. The highest BCUT2D eigenvalue weighted by atomic mass is 16.3. The molecule has 0 radical (unpaired) electrons. The molecule has 0 fully saturated rings. The van der Waals surface area contributed by atoms with Crippen LogP contribution < -0.4 is 0 Å². The van der Waals surface area contributed by atoms with Gasteiger partial charge in [-0.1, -0.05) is 13.8 Å². The van der Waals surface area contributed by atoms with Crippen LogP contribution in [0.25, 0.3) is 11.0 Å². The molecule has 2 aromatic heterocycles. The highest BCUT2D eigenvalue weighted by Gasteiger charge is 2.41. The van der Waals surface area contributed by atoms with E-state index in [9.17, 15) is 9.90 Å². The van der Waals surface area contributed by atoms with E-state index in [-0.39, 0.29) is 11.2 Å². The summed E-state index contributed by atoms with van der Waals surface area (Å²) in [5, 5.41) is 10.7. The van der Waals surface area contributed by atoms with E-state index < -0.39 is 0 Å². The molecular weight excluding hydrogens is 264 g/mol. The third-order valence-corrected chi connectivity index (χ3v) is 4.64. The zero-order valence-electron chi connectivity index (χ0n) is 12.0. The van der Waals surface area contributed by atoms with Gasteiger partial charge in [-0.25, -0.2) is 4.98 Å². The first-order valence-corrected chi connectivity index (χ1v) is 7.15. The molecule has 2 aromatic rings. The Hall–Kier alpha value is -2.36. The summed E-state index contributed by atoms with van der Waals surface area (Å²) in [6, 6.07) is 3.79. The molecular formula is C17H16N2O2. The summed E-state index contributed by atoms with van der Waals surface area (Å²) < 4.78 is 0. The zero-order valence-corrected chi connectivity index (χ0v) is 12.0. The van der Waals surface area contributed by atoms with Gasteiger partial charge in [0.05, 0.1) is 11.3 Å². The van der Waals surface area contributed by atoms with Crippen molar-refractivity contribution in [3.63, 3.8) is 0 Å². The maximum absolute atomic E-state index is 12.9. The molecule has 0 spiro atoms. The van der Waals surface area contributed by atoms with E-state index in [1.807, 2.05) is 12.1 Å². The van der Waals surface area contributed by atoms with Crippen molar-refractivity contribution in [2.75, 3.05) is 0 Å². The van der Waals surface area contributed by atoms with Gasteiger partial charge in [0, 0.05) is 34.7 Å². The molecule has 0 atom stereocenters. The van der Waals surface area contributed by atoms with Gasteiger partial charge in [-0.2, -0.15) is 0 Å². The van der Waals surface area contributed by atoms with Crippen molar-refractivity contribution < 1.29 is 9.90 Å². The molecule has 0 aliphatic heterocycles. The van der Waals surface area contributed by atoms with E-state index in [1.165, 1.54) is 0 Å². The summed E-state index contributed by atoms with van der Waals surface area (Å²) in [6.07, 6.45) is 4.63. The molecule has 4 heteroatoms. The van der Waals surface area contributed by atoms with Crippen LogP contribution in [0.15, 0.2) is 41.3 Å². The fourth-order valence-electron chi connectivity index (χ4n) is 3.52. The van der Waals surface area contributed by atoms with Crippen LogP contribution in [0.1, 0.15) is 42.7 Å². The third-order valence-electron chi connectivity index (χ3n) is 4.64. The second kappa shape index (κ2) is 3.85. The number of allylic oxidation sites excluding steroid dienone is 4. The van der Waals surface area contributed by atoms with E-state index in [2.05, 4.69) is 23.8 Å². The molecule has 4 rings (SSSR count). The summed E-state index contributed by atoms with van der Waals surface area (Å²) in [7, 11) is 0. The average Bonchev–Trinajstić information content (AvgIpc) is 2.86. The fourth-order valence-corrected chi connectivity index (χ4v) is 3.52. The standard InChI is InChI=1S/C17H16N2O2/c1-17(2)12-8-9(20)5-6-10(12)14(21)13-11-4-3-7-18-16(11)19-15(13)17/h3-4,7-8,20H,5-6H2,1-2H3,(H,18,19). The number of hydrogen-bond donors (Lipinski definition) is 2. The summed E-state index contributed by atoms with van der Waals surface area (Å²) in [6.45, 7) is 4.16. The normalized spacial score (nSPS) is 20.3. The van der Waals surface area contributed by atoms with Crippen molar-refractivity contribution in [2.45, 2.75) is 32.1 Å². The van der Waals surface area contributed by atoms with Gasteiger partial charge < -0.3 is 10.1 Å². The van der Waals surface area contributed by atoms with Crippen molar-refractivity contribution >= 4 is 16.8 Å². The Bertz CT molecular complexity index is 853. The van der Waals surface area contributed by atoms with Crippen molar-refractivity contribution in [2.24, 2.45) is 0 Å². The fraction of sp³-hybridized carbons (Fsp3) is 0.294. The van der Waals surface area contributed by atoms with Crippen LogP contribution in [0.3, 0.4) is 0 Å². The number of aromatic amines is 1. The molecule has 106 valence electrons. The number of H-pyrrole nitrogens is 1. The lowest BCUT2D eigenvalue weighted by Gasteiger charge is -2.35. The molecule has 0 amide bonds. The SMILES string of the molecule is CC1(C)C2=C(CCC(O)=C2)C(=O)c2c1[nH]c1ncccc21. The Kier molecular flexibility index (Phi) is 2.27. The number of Topliss-reactive ketones (excluding diaryl/α,β-unsaturated/α-hetero) is 1. The van der Waals surface area contributed by atoms with Gasteiger partial charge in [-0.05, 0) is 30.2 Å². The molecule has 2 aliphatic rings.